The predicted octanol–water partition coefficient (Wildman–Crippen LogP) is 3.05. The van der Waals surface area contributed by atoms with Gasteiger partial charge in [-0.15, -0.1) is 12.4 Å². The first-order valence-corrected chi connectivity index (χ1v) is 9.26. The SMILES string of the molecule is Cc1ccc(C(=O)N2CCC(Nc3ccc(/C=C/C(=O)NO)cn3)CC2)cc1.Cl. The van der Waals surface area contributed by atoms with E-state index in [0.717, 1.165) is 35.3 Å². The molecule has 154 valence electrons. The average molecular weight is 417 g/mol. The van der Waals surface area contributed by atoms with Gasteiger partial charge in [0, 0.05) is 37.0 Å². The number of nitrogens with one attached hydrogen (secondary N) is 2. The number of aryl methyl sites for hydroxylation is 1. The number of nitrogens with zero attached hydrogens (tertiary/aromatic N) is 2. The molecule has 2 amide bonds. The Morgan fingerprint density at radius 2 is 1.83 bits per heavy atom. The molecule has 3 rings (SSSR count). The Labute approximate surface area is 176 Å². The summed E-state index contributed by atoms with van der Waals surface area (Å²) in [6, 6.07) is 11.6. The van der Waals surface area contributed by atoms with Crippen molar-refractivity contribution in [1.82, 2.24) is 15.4 Å². The number of rotatable bonds is 5. The molecule has 1 saturated heterocycles. The van der Waals surface area contributed by atoms with Crippen molar-refractivity contribution in [3.63, 3.8) is 0 Å². The summed E-state index contributed by atoms with van der Waals surface area (Å²) in [5, 5.41) is 11.9. The number of carbonyl (C=O) groups excluding carboxylic acids is 2. The van der Waals surface area contributed by atoms with Gasteiger partial charge in [-0.25, -0.2) is 10.5 Å². The van der Waals surface area contributed by atoms with E-state index in [4.69, 9.17) is 5.21 Å². The van der Waals surface area contributed by atoms with Gasteiger partial charge in [0.25, 0.3) is 11.8 Å². The van der Waals surface area contributed by atoms with Gasteiger partial charge in [-0.3, -0.25) is 14.8 Å². The number of amides is 2. The topological polar surface area (TPSA) is 94.6 Å². The second-order valence-corrected chi connectivity index (χ2v) is 6.86. The van der Waals surface area contributed by atoms with Gasteiger partial charge in [-0.2, -0.15) is 0 Å². The number of likely N-dealkylation sites (tertiary alicyclic amines) is 1. The van der Waals surface area contributed by atoms with Crippen LogP contribution in [0.1, 0.15) is 34.3 Å². The maximum atomic E-state index is 12.6. The fraction of sp³-hybridized carbons (Fsp3) is 0.286. The number of hydrogen-bond donors (Lipinski definition) is 3. The molecule has 1 aromatic heterocycles. The molecule has 3 N–H and O–H groups in total. The van der Waals surface area contributed by atoms with Crippen molar-refractivity contribution < 1.29 is 14.8 Å². The van der Waals surface area contributed by atoms with Gasteiger partial charge < -0.3 is 10.2 Å². The maximum Gasteiger partial charge on any atom is 0.267 e. The Morgan fingerprint density at radius 1 is 1.14 bits per heavy atom. The van der Waals surface area contributed by atoms with Crippen molar-refractivity contribution in [2.24, 2.45) is 0 Å². The molecule has 0 atom stereocenters. The van der Waals surface area contributed by atoms with E-state index in [9.17, 15) is 9.59 Å². The largest absolute Gasteiger partial charge is 0.367 e. The monoisotopic (exact) mass is 416 g/mol. The van der Waals surface area contributed by atoms with Crippen molar-refractivity contribution in [1.29, 1.82) is 0 Å². The zero-order chi connectivity index (χ0) is 19.9. The summed E-state index contributed by atoms with van der Waals surface area (Å²) in [5.74, 6) is 0.251. The molecule has 1 aliphatic rings. The van der Waals surface area contributed by atoms with E-state index in [1.807, 2.05) is 48.2 Å². The summed E-state index contributed by atoms with van der Waals surface area (Å²) in [5.41, 5.74) is 4.17. The predicted molar refractivity (Wildman–Crippen MR) is 114 cm³/mol. The molecule has 0 saturated carbocycles. The molecule has 8 heteroatoms. The molecule has 0 bridgehead atoms. The Bertz CT molecular complexity index is 845. The third-order valence-corrected chi connectivity index (χ3v) is 4.76. The molecule has 1 aliphatic heterocycles. The Balaban J connectivity index is 0.00000300. The summed E-state index contributed by atoms with van der Waals surface area (Å²) < 4.78 is 0. The standard InChI is InChI=1S/C21H24N4O3.ClH/c1-15-2-6-17(7-3-15)21(27)25-12-10-18(11-13-25)23-19-8-4-16(14-22-19)5-9-20(26)24-28;/h2-9,14,18,28H,10-13H2,1H3,(H,22,23)(H,24,26);1H/b9-5+;. The first-order valence-electron chi connectivity index (χ1n) is 9.26. The van der Waals surface area contributed by atoms with Crippen LogP contribution >= 0.6 is 12.4 Å². The van der Waals surface area contributed by atoms with Gasteiger partial charge in [-0.05, 0) is 55.7 Å². The van der Waals surface area contributed by atoms with Crippen molar-refractivity contribution in [3.05, 3.63) is 65.4 Å². The fourth-order valence-electron chi connectivity index (χ4n) is 3.11. The van der Waals surface area contributed by atoms with Crippen molar-refractivity contribution in [2.75, 3.05) is 18.4 Å². The molecule has 2 aromatic rings. The van der Waals surface area contributed by atoms with Gasteiger partial charge in [0.1, 0.15) is 5.82 Å². The number of anilines is 1. The fourth-order valence-corrected chi connectivity index (χ4v) is 3.11. The molecule has 0 radical (unpaired) electrons. The lowest BCUT2D eigenvalue weighted by atomic mass is 10.0. The quantitative estimate of drug-likeness (QED) is 0.395. The Hall–Kier alpha value is -2.90. The number of hydroxylamine groups is 1. The second-order valence-electron chi connectivity index (χ2n) is 6.86. The summed E-state index contributed by atoms with van der Waals surface area (Å²) >= 11 is 0. The lowest BCUT2D eigenvalue weighted by molar-refractivity contribution is -0.124. The number of carbonyl (C=O) groups is 2. The van der Waals surface area contributed by atoms with Crippen molar-refractivity contribution in [2.45, 2.75) is 25.8 Å². The van der Waals surface area contributed by atoms with Crippen LogP contribution in [0.3, 0.4) is 0 Å². The van der Waals surface area contributed by atoms with E-state index < -0.39 is 5.91 Å². The Kier molecular flexibility index (Phi) is 8.18. The highest BCUT2D eigenvalue weighted by molar-refractivity contribution is 5.94. The Morgan fingerprint density at radius 3 is 2.41 bits per heavy atom. The minimum Gasteiger partial charge on any atom is -0.367 e. The number of aromatic nitrogens is 1. The van der Waals surface area contributed by atoms with E-state index in [2.05, 4.69) is 10.3 Å². The first-order chi connectivity index (χ1) is 13.5. The third-order valence-electron chi connectivity index (χ3n) is 4.76. The number of piperidine rings is 1. The molecular formula is C21H25ClN4O3. The highest BCUT2D eigenvalue weighted by atomic mass is 35.5. The van der Waals surface area contributed by atoms with Gasteiger partial charge in [0.05, 0.1) is 0 Å². The average Bonchev–Trinajstić information content (AvgIpc) is 2.73. The highest BCUT2D eigenvalue weighted by Gasteiger charge is 2.23. The molecule has 0 spiro atoms. The number of hydrogen-bond acceptors (Lipinski definition) is 5. The molecule has 7 nitrogen and oxygen atoms in total. The molecule has 1 fully saturated rings. The molecule has 29 heavy (non-hydrogen) atoms. The van der Waals surface area contributed by atoms with Crippen LogP contribution in [0.2, 0.25) is 0 Å². The highest BCUT2D eigenvalue weighted by Crippen LogP contribution is 2.18. The van der Waals surface area contributed by atoms with Crippen molar-refractivity contribution in [3.8, 4) is 0 Å². The third kappa shape index (κ3) is 6.30. The number of benzene rings is 1. The smallest absolute Gasteiger partial charge is 0.267 e. The van der Waals surface area contributed by atoms with Crippen LogP contribution in [0.15, 0.2) is 48.7 Å². The van der Waals surface area contributed by atoms with E-state index in [1.54, 1.807) is 12.3 Å². The molecular weight excluding hydrogens is 392 g/mol. The molecule has 0 aliphatic carbocycles. The van der Waals surface area contributed by atoms with E-state index in [-0.39, 0.29) is 24.4 Å². The number of pyridine rings is 1. The van der Waals surface area contributed by atoms with E-state index >= 15 is 0 Å². The van der Waals surface area contributed by atoms with Gasteiger partial charge in [0.2, 0.25) is 0 Å². The summed E-state index contributed by atoms with van der Waals surface area (Å²) in [6.45, 7) is 3.43. The molecule has 2 heterocycles. The van der Waals surface area contributed by atoms with E-state index in [0.29, 0.717) is 13.1 Å². The van der Waals surface area contributed by atoms with Crippen LogP contribution in [0.25, 0.3) is 6.08 Å². The summed E-state index contributed by atoms with van der Waals surface area (Å²) in [4.78, 5) is 29.8. The maximum absolute atomic E-state index is 12.6. The van der Waals surface area contributed by atoms with Crippen LogP contribution in [0, 0.1) is 6.92 Å². The van der Waals surface area contributed by atoms with Crippen LogP contribution in [0.4, 0.5) is 5.82 Å². The minimum absolute atomic E-state index is 0. The lowest BCUT2D eigenvalue weighted by Gasteiger charge is -2.32. The molecule has 1 aromatic carbocycles. The van der Waals surface area contributed by atoms with E-state index in [1.165, 1.54) is 11.6 Å². The molecule has 0 unspecified atom stereocenters. The summed E-state index contributed by atoms with van der Waals surface area (Å²) in [7, 11) is 0. The first kappa shape index (κ1) is 22.4. The minimum atomic E-state index is -0.589. The zero-order valence-corrected chi connectivity index (χ0v) is 17.0. The summed E-state index contributed by atoms with van der Waals surface area (Å²) in [6.07, 6.45) is 6.16. The lowest BCUT2D eigenvalue weighted by Crippen LogP contribution is -2.42. The van der Waals surface area contributed by atoms with Gasteiger partial charge >= 0.3 is 0 Å². The van der Waals surface area contributed by atoms with Crippen LogP contribution in [-0.4, -0.2) is 46.0 Å². The normalized spacial score (nSPS) is 14.3. The van der Waals surface area contributed by atoms with Gasteiger partial charge in [0.15, 0.2) is 0 Å². The second kappa shape index (κ2) is 10.6. The van der Waals surface area contributed by atoms with Crippen molar-refractivity contribution >= 4 is 36.1 Å². The van der Waals surface area contributed by atoms with Crippen LogP contribution in [0.5, 0.6) is 0 Å². The van der Waals surface area contributed by atoms with Gasteiger partial charge in [-0.1, -0.05) is 17.7 Å². The van der Waals surface area contributed by atoms with Crippen LogP contribution < -0.4 is 10.8 Å². The van der Waals surface area contributed by atoms with Crippen LogP contribution in [-0.2, 0) is 4.79 Å². The zero-order valence-electron chi connectivity index (χ0n) is 16.2. The number of halogens is 1.